The molecular formula is C14H16F3N5O. The van der Waals surface area contributed by atoms with Crippen LogP contribution >= 0.6 is 0 Å². The number of hydrogen-bond acceptors (Lipinski definition) is 4. The second-order valence-electron chi connectivity index (χ2n) is 5.10. The Hall–Kier alpha value is -2.45. The van der Waals surface area contributed by atoms with Crippen LogP contribution in [-0.2, 0) is 17.5 Å². The van der Waals surface area contributed by atoms with Gasteiger partial charge in [-0.3, -0.25) is 4.79 Å². The average molecular weight is 327 g/mol. The Kier molecular flexibility index (Phi) is 4.97. The second kappa shape index (κ2) is 6.76. The molecule has 0 saturated carbocycles. The molecule has 0 radical (unpaired) electrons. The van der Waals surface area contributed by atoms with E-state index in [0.29, 0.717) is 0 Å². The second-order valence-corrected chi connectivity index (χ2v) is 5.10. The molecule has 124 valence electrons. The third-order valence-electron chi connectivity index (χ3n) is 3.21. The van der Waals surface area contributed by atoms with E-state index in [-0.39, 0.29) is 29.9 Å². The molecule has 0 saturated heterocycles. The molecule has 1 N–H and O–H groups in total. The number of benzene rings is 1. The number of carbonyl (C=O) groups excluding carboxylic acids is 1. The van der Waals surface area contributed by atoms with Gasteiger partial charge in [0.05, 0.1) is 5.56 Å². The van der Waals surface area contributed by atoms with Crippen molar-refractivity contribution in [2.45, 2.75) is 39.0 Å². The summed E-state index contributed by atoms with van der Waals surface area (Å²) in [7, 11) is 0. The van der Waals surface area contributed by atoms with E-state index in [1.54, 1.807) is 0 Å². The van der Waals surface area contributed by atoms with Gasteiger partial charge in [0.15, 0.2) is 0 Å². The van der Waals surface area contributed by atoms with Crippen molar-refractivity contribution < 1.29 is 18.0 Å². The smallest absolute Gasteiger partial charge is 0.352 e. The van der Waals surface area contributed by atoms with Crippen LogP contribution in [0.5, 0.6) is 0 Å². The predicted molar refractivity (Wildman–Crippen MR) is 76.2 cm³/mol. The van der Waals surface area contributed by atoms with Crippen LogP contribution < -0.4 is 5.32 Å². The molecule has 0 aliphatic carbocycles. The molecule has 1 aromatic heterocycles. The fourth-order valence-corrected chi connectivity index (χ4v) is 1.81. The van der Waals surface area contributed by atoms with E-state index in [1.807, 2.05) is 13.8 Å². The lowest BCUT2D eigenvalue weighted by Crippen LogP contribution is -2.35. The monoisotopic (exact) mass is 327 g/mol. The van der Waals surface area contributed by atoms with Crippen molar-refractivity contribution in [3.8, 4) is 11.4 Å². The highest BCUT2D eigenvalue weighted by molar-refractivity contribution is 5.75. The maximum Gasteiger partial charge on any atom is 0.416 e. The Morgan fingerprint density at radius 3 is 2.78 bits per heavy atom. The van der Waals surface area contributed by atoms with Crippen LogP contribution in [0.4, 0.5) is 13.2 Å². The molecule has 2 rings (SSSR count). The van der Waals surface area contributed by atoms with E-state index in [9.17, 15) is 18.0 Å². The predicted octanol–water partition coefficient (Wildman–Crippen LogP) is 2.27. The summed E-state index contributed by atoms with van der Waals surface area (Å²) in [5, 5.41) is 14.1. The first-order valence-corrected chi connectivity index (χ1v) is 7.04. The zero-order valence-electron chi connectivity index (χ0n) is 12.6. The summed E-state index contributed by atoms with van der Waals surface area (Å²) in [5.74, 6) is -0.250. The van der Waals surface area contributed by atoms with Gasteiger partial charge >= 0.3 is 6.18 Å². The number of hydrogen-bond donors (Lipinski definition) is 1. The van der Waals surface area contributed by atoms with Crippen molar-refractivity contribution in [1.82, 2.24) is 25.5 Å². The highest BCUT2D eigenvalue weighted by Gasteiger charge is 2.30. The molecule has 0 fully saturated rings. The van der Waals surface area contributed by atoms with E-state index in [4.69, 9.17) is 0 Å². The van der Waals surface area contributed by atoms with Gasteiger partial charge in [-0.2, -0.15) is 18.0 Å². The van der Waals surface area contributed by atoms with Crippen LogP contribution in [0, 0.1) is 0 Å². The molecule has 23 heavy (non-hydrogen) atoms. The maximum absolute atomic E-state index is 12.7. The minimum atomic E-state index is -4.44. The first-order chi connectivity index (χ1) is 10.8. The quantitative estimate of drug-likeness (QED) is 0.914. The molecule has 1 heterocycles. The number of alkyl halides is 3. The number of rotatable bonds is 5. The number of carbonyl (C=O) groups is 1. The van der Waals surface area contributed by atoms with Gasteiger partial charge in [0.1, 0.15) is 6.54 Å². The molecular weight excluding hydrogens is 311 g/mol. The van der Waals surface area contributed by atoms with E-state index >= 15 is 0 Å². The third-order valence-corrected chi connectivity index (χ3v) is 3.21. The summed E-state index contributed by atoms with van der Waals surface area (Å²) in [6.45, 7) is 3.65. The summed E-state index contributed by atoms with van der Waals surface area (Å²) >= 11 is 0. The fraction of sp³-hybridized carbons (Fsp3) is 0.429. The Morgan fingerprint density at radius 1 is 1.39 bits per heavy atom. The minimum absolute atomic E-state index is 0.0222. The van der Waals surface area contributed by atoms with Crippen LogP contribution in [0.2, 0.25) is 0 Å². The lowest BCUT2D eigenvalue weighted by atomic mass is 10.1. The van der Waals surface area contributed by atoms with Gasteiger partial charge in [-0.1, -0.05) is 19.1 Å². The molecule has 1 atom stereocenters. The summed E-state index contributed by atoms with van der Waals surface area (Å²) in [6, 6.07) is 4.66. The molecule has 2 aromatic rings. The zero-order chi connectivity index (χ0) is 17.0. The van der Waals surface area contributed by atoms with Gasteiger partial charge < -0.3 is 5.32 Å². The van der Waals surface area contributed by atoms with Crippen LogP contribution in [-0.4, -0.2) is 32.2 Å². The van der Waals surface area contributed by atoms with Gasteiger partial charge in [-0.05, 0) is 30.7 Å². The zero-order valence-corrected chi connectivity index (χ0v) is 12.6. The van der Waals surface area contributed by atoms with E-state index < -0.39 is 11.7 Å². The largest absolute Gasteiger partial charge is 0.416 e. The minimum Gasteiger partial charge on any atom is -0.352 e. The topological polar surface area (TPSA) is 72.7 Å². The van der Waals surface area contributed by atoms with Crippen molar-refractivity contribution in [3.05, 3.63) is 29.8 Å². The van der Waals surface area contributed by atoms with Gasteiger partial charge in [0.25, 0.3) is 0 Å². The normalized spacial score (nSPS) is 12.9. The highest BCUT2D eigenvalue weighted by atomic mass is 19.4. The van der Waals surface area contributed by atoms with Gasteiger partial charge in [0.2, 0.25) is 11.7 Å². The lowest BCUT2D eigenvalue weighted by molar-refractivity contribution is -0.137. The first kappa shape index (κ1) is 16.9. The number of nitrogens with zero attached hydrogens (tertiary/aromatic N) is 4. The SMILES string of the molecule is CC[C@H](C)NC(=O)Cn1nnc(-c2cccc(C(F)(F)F)c2)n1. The highest BCUT2D eigenvalue weighted by Crippen LogP contribution is 2.31. The van der Waals surface area contributed by atoms with Crippen molar-refractivity contribution >= 4 is 5.91 Å². The molecule has 6 nitrogen and oxygen atoms in total. The third kappa shape index (κ3) is 4.51. The first-order valence-electron chi connectivity index (χ1n) is 7.04. The van der Waals surface area contributed by atoms with E-state index in [0.717, 1.165) is 23.4 Å². The van der Waals surface area contributed by atoms with E-state index in [2.05, 4.69) is 20.7 Å². The van der Waals surface area contributed by atoms with Crippen molar-refractivity contribution in [1.29, 1.82) is 0 Å². The Bertz CT molecular complexity index is 683. The number of tetrazole rings is 1. The summed E-state index contributed by atoms with van der Waals surface area (Å²) in [4.78, 5) is 12.8. The molecule has 1 aromatic carbocycles. The molecule has 0 aliphatic rings. The molecule has 0 spiro atoms. The van der Waals surface area contributed by atoms with Crippen LogP contribution in [0.1, 0.15) is 25.8 Å². The van der Waals surface area contributed by atoms with Crippen LogP contribution in [0.15, 0.2) is 24.3 Å². The lowest BCUT2D eigenvalue weighted by Gasteiger charge is -2.10. The van der Waals surface area contributed by atoms with Crippen molar-refractivity contribution in [3.63, 3.8) is 0 Å². The number of aromatic nitrogens is 4. The molecule has 9 heteroatoms. The van der Waals surface area contributed by atoms with Crippen molar-refractivity contribution in [2.24, 2.45) is 0 Å². The Balaban J connectivity index is 2.12. The molecule has 0 aliphatic heterocycles. The molecule has 0 bridgehead atoms. The van der Waals surface area contributed by atoms with Gasteiger partial charge in [0, 0.05) is 11.6 Å². The summed E-state index contributed by atoms with van der Waals surface area (Å²) < 4.78 is 38.1. The van der Waals surface area contributed by atoms with Gasteiger partial charge in [-0.15, -0.1) is 10.2 Å². The summed E-state index contributed by atoms with van der Waals surface area (Å²) in [5.41, 5.74) is -0.603. The van der Waals surface area contributed by atoms with Crippen molar-refractivity contribution in [2.75, 3.05) is 0 Å². The van der Waals surface area contributed by atoms with Crippen LogP contribution in [0.25, 0.3) is 11.4 Å². The maximum atomic E-state index is 12.7. The average Bonchev–Trinajstić information content (AvgIpc) is 2.94. The van der Waals surface area contributed by atoms with Gasteiger partial charge in [-0.25, -0.2) is 0 Å². The molecule has 0 unspecified atom stereocenters. The number of nitrogens with one attached hydrogen (secondary N) is 1. The number of amides is 1. The van der Waals surface area contributed by atoms with E-state index in [1.165, 1.54) is 12.1 Å². The van der Waals surface area contributed by atoms with Crippen LogP contribution in [0.3, 0.4) is 0 Å². The molecule has 1 amide bonds. The number of halogens is 3. The Labute approximate surface area is 130 Å². The Morgan fingerprint density at radius 2 is 2.13 bits per heavy atom. The fourth-order valence-electron chi connectivity index (χ4n) is 1.81. The summed E-state index contributed by atoms with van der Waals surface area (Å²) in [6.07, 6.45) is -3.66. The standard InChI is InChI=1S/C14H16F3N5O/c1-3-9(2)18-12(23)8-22-20-13(19-21-22)10-5-4-6-11(7-10)14(15,16)17/h4-7,9H,3,8H2,1-2H3,(H,18,23)/t9-/m0/s1.